The maximum Gasteiger partial charge on any atom is 0.0107 e. The molecule has 1 N–H and O–H groups in total. The topological polar surface area (TPSA) is 15.3 Å². The molecule has 0 radical (unpaired) electrons. The van der Waals surface area contributed by atoms with E-state index in [1.807, 2.05) is 0 Å². The van der Waals surface area contributed by atoms with Crippen LogP contribution < -0.4 is 5.32 Å². The second-order valence-corrected chi connectivity index (χ2v) is 7.61. The number of nitrogens with one attached hydrogen (secondary N) is 1. The van der Waals surface area contributed by atoms with Gasteiger partial charge in [-0.25, -0.2) is 0 Å². The second-order valence-electron chi connectivity index (χ2n) is 7.61. The number of rotatable bonds is 7. The Bertz CT molecular complexity index is 275. The summed E-state index contributed by atoms with van der Waals surface area (Å²) < 4.78 is 0. The molecule has 0 bridgehead atoms. The Morgan fingerprint density at radius 1 is 1.00 bits per heavy atom. The lowest BCUT2D eigenvalue weighted by Gasteiger charge is -2.43. The normalized spacial score (nSPS) is 30.4. The molecule has 1 saturated heterocycles. The average Bonchev–Trinajstić information content (AvgIpc) is 2.55. The van der Waals surface area contributed by atoms with Gasteiger partial charge in [-0.3, -0.25) is 0 Å². The van der Waals surface area contributed by atoms with Gasteiger partial charge in [0, 0.05) is 12.6 Å². The third kappa shape index (κ3) is 4.69. The largest absolute Gasteiger partial charge is 0.314 e. The molecule has 0 aromatic rings. The third-order valence-corrected chi connectivity index (χ3v) is 6.48. The highest BCUT2D eigenvalue weighted by Crippen LogP contribution is 2.38. The molecule has 1 aliphatic heterocycles. The molecule has 124 valence electrons. The summed E-state index contributed by atoms with van der Waals surface area (Å²) in [5.41, 5.74) is 0.670. The molecule has 2 atom stereocenters. The molecule has 2 heteroatoms. The van der Waals surface area contributed by atoms with Crippen LogP contribution in [0.5, 0.6) is 0 Å². The summed E-state index contributed by atoms with van der Waals surface area (Å²) in [4.78, 5) is 2.78. The van der Waals surface area contributed by atoms with Crippen molar-refractivity contribution in [3.63, 3.8) is 0 Å². The predicted molar refractivity (Wildman–Crippen MR) is 92.7 cm³/mol. The quantitative estimate of drug-likeness (QED) is 0.746. The molecular weight excluding hydrogens is 256 g/mol. The van der Waals surface area contributed by atoms with Crippen molar-refractivity contribution in [2.75, 3.05) is 26.2 Å². The van der Waals surface area contributed by atoms with E-state index in [-0.39, 0.29) is 0 Å². The van der Waals surface area contributed by atoms with Crippen LogP contribution >= 0.6 is 0 Å². The molecule has 2 nitrogen and oxygen atoms in total. The van der Waals surface area contributed by atoms with Gasteiger partial charge in [0.15, 0.2) is 0 Å². The Labute approximate surface area is 133 Å². The van der Waals surface area contributed by atoms with Crippen molar-refractivity contribution in [3.05, 3.63) is 0 Å². The summed E-state index contributed by atoms with van der Waals surface area (Å²) in [5, 5.41) is 3.82. The van der Waals surface area contributed by atoms with Gasteiger partial charge in [-0.1, -0.05) is 46.5 Å². The molecular formula is C19H38N2. The fourth-order valence-electron chi connectivity index (χ4n) is 4.52. The maximum absolute atomic E-state index is 3.82. The SMILES string of the molecule is CCCNC1CCCCC1CN1CCC(CC)(CC)CC1. The van der Waals surface area contributed by atoms with Crippen LogP contribution in [0, 0.1) is 11.3 Å². The number of hydrogen-bond donors (Lipinski definition) is 1. The average molecular weight is 295 g/mol. The molecule has 1 aliphatic carbocycles. The minimum absolute atomic E-state index is 0.670. The van der Waals surface area contributed by atoms with Gasteiger partial charge in [-0.15, -0.1) is 0 Å². The predicted octanol–water partition coefficient (Wildman–Crippen LogP) is 4.45. The van der Waals surface area contributed by atoms with E-state index in [4.69, 9.17) is 0 Å². The zero-order valence-electron chi connectivity index (χ0n) is 14.8. The van der Waals surface area contributed by atoms with Gasteiger partial charge in [0.05, 0.1) is 0 Å². The summed E-state index contributed by atoms with van der Waals surface area (Å²) >= 11 is 0. The Kier molecular flexibility index (Phi) is 7.01. The van der Waals surface area contributed by atoms with E-state index >= 15 is 0 Å². The van der Waals surface area contributed by atoms with Crippen LogP contribution in [0.25, 0.3) is 0 Å². The molecule has 0 aromatic heterocycles. The zero-order valence-corrected chi connectivity index (χ0v) is 14.8. The Balaban J connectivity index is 1.80. The van der Waals surface area contributed by atoms with E-state index in [1.165, 1.54) is 84.0 Å². The highest BCUT2D eigenvalue weighted by molar-refractivity contribution is 4.88. The first-order valence-corrected chi connectivity index (χ1v) is 9.68. The van der Waals surface area contributed by atoms with Gasteiger partial charge >= 0.3 is 0 Å². The van der Waals surface area contributed by atoms with Gasteiger partial charge in [0.25, 0.3) is 0 Å². The lowest BCUT2D eigenvalue weighted by Crippen LogP contribution is -2.47. The summed E-state index contributed by atoms with van der Waals surface area (Å²) in [6, 6.07) is 0.794. The summed E-state index contributed by atoms with van der Waals surface area (Å²) in [6.45, 7) is 12.3. The van der Waals surface area contributed by atoms with Crippen molar-refractivity contribution in [1.29, 1.82) is 0 Å². The van der Waals surface area contributed by atoms with Crippen molar-refractivity contribution < 1.29 is 0 Å². The van der Waals surface area contributed by atoms with E-state index in [2.05, 4.69) is 31.0 Å². The Morgan fingerprint density at radius 3 is 2.29 bits per heavy atom. The van der Waals surface area contributed by atoms with Gasteiger partial charge in [0.2, 0.25) is 0 Å². The lowest BCUT2D eigenvalue weighted by molar-refractivity contribution is 0.0722. The Morgan fingerprint density at radius 2 is 1.67 bits per heavy atom. The summed E-state index contributed by atoms with van der Waals surface area (Å²) in [5.74, 6) is 0.904. The standard InChI is InChI=1S/C19H38N2/c1-4-13-20-18-10-8-7-9-17(18)16-21-14-11-19(5-2,6-3)12-15-21/h17-18,20H,4-16H2,1-3H3. The fourth-order valence-corrected chi connectivity index (χ4v) is 4.52. The van der Waals surface area contributed by atoms with Crippen molar-refractivity contribution in [2.24, 2.45) is 11.3 Å². The van der Waals surface area contributed by atoms with Gasteiger partial charge in [-0.05, 0) is 63.1 Å². The highest BCUT2D eigenvalue weighted by atomic mass is 15.1. The number of hydrogen-bond acceptors (Lipinski definition) is 2. The molecule has 0 amide bonds. The number of likely N-dealkylation sites (tertiary alicyclic amines) is 1. The molecule has 21 heavy (non-hydrogen) atoms. The van der Waals surface area contributed by atoms with Crippen LogP contribution in [0.2, 0.25) is 0 Å². The summed E-state index contributed by atoms with van der Waals surface area (Å²) in [7, 11) is 0. The maximum atomic E-state index is 3.82. The van der Waals surface area contributed by atoms with Gasteiger partial charge in [-0.2, -0.15) is 0 Å². The van der Waals surface area contributed by atoms with Crippen LogP contribution in [0.4, 0.5) is 0 Å². The highest BCUT2D eigenvalue weighted by Gasteiger charge is 2.33. The molecule has 1 heterocycles. The van der Waals surface area contributed by atoms with E-state index in [0.29, 0.717) is 5.41 Å². The minimum atomic E-state index is 0.670. The molecule has 2 aliphatic rings. The van der Waals surface area contributed by atoms with Gasteiger partial charge < -0.3 is 10.2 Å². The second kappa shape index (κ2) is 8.53. The molecule has 2 rings (SSSR count). The molecule has 1 saturated carbocycles. The monoisotopic (exact) mass is 294 g/mol. The molecule has 0 aromatic carbocycles. The molecule has 0 spiro atoms. The lowest BCUT2D eigenvalue weighted by atomic mass is 9.74. The van der Waals surface area contributed by atoms with Crippen molar-refractivity contribution in [1.82, 2.24) is 10.2 Å². The number of nitrogens with zero attached hydrogens (tertiary/aromatic N) is 1. The van der Waals surface area contributed by atoms with Crippen LogP contribution in [0.15, 0.2) is 0 Å². The first-order chi connectivity index (χ1) is 10.2. The minimum Gasteiger partial charge on any atom is -0.314 e. The van der Waals surface area contributed by atoms with Crippen LogP contribution in [-0.4, -0.2) is 37.1 Å². The number of piperidine rings is 1. The molecule has 2 unspecified atom stereocenters. The third-order valence-electron chi connectivity index (χ3n) is 6.48. The van der Waals surface area contributed by atoms with Crippen molar-refractivity contribution in [3.8, 4) is 0 Å². The van der Waals surface area contributed by atoms with E-state index in [9.17, 15) is 0 Å². The van der Waals surface area contributed by atoms with E-state index in [0.717, 1.165) is 12.0 Å². The van der Waals surface area contributed by atoms with Crippen LogP contribution in [0.1, 0.15) is 78.6 Å². The van der Waals surface area contributed by atoms with Crippen molar-refractivity contribution in [2.45, 2.75) is 84.6 Å². The van der Waals surface area contributed by atoms with Crippen LogP contribution in [0.3, 0.4) is 0 Å². The van der Waals surface area contributed by atoms with E-state index in [1.54, 1.807) is 0 Å². The Hall–Kier alpha value is -0.0800. The first kappa shape index (κ1) is 17.3. The fraction of sp³-hybridized carbons (Fsp3) is 1.00. The first-order valence-electron chi connectivity index (χ1n) is 9.68. The van der Waals surface area contributed by atoms with E-state index < -0.39 is 0 Å². The smallest absolute Gasteiger partial charge is 0.0107 e. The molecule has 2 fully saturated rings. The van der Waals surface area contributed by atoms with Crippen LogP contribution in [-0.2, 0) is 0 Å². The van der Waals surface area contributed by atoms with Gasteiger partial charge in [0.1, 0.15) is 0 Å². The van der Waals surface area contributed by atoms with Crippen molar-refractivity contribution >= 4 is 0 Å². The zero-order chi connectivity index (χ0) is 15.1. The summed E-state index contributed by atoms with van der Waals surface area (Å²) in [6.07, 6.45) is 12.6.